The van der Waals surface area contributed by atoms with Crippen LogP contribution in [0.3, 0.4) is 0 Å². The average molecular weight is 560 g/mol. The minimum absolute atomic E-state index is 0.0278. The van der Waals surface area contributed by atoms with E-state index in [1.807, 2.05) is 34.9 Å². The lowest BCUT2D eigenvalue weighted by molar-refractivity contribution is -0.118. The van der Waals surface area contributed by atoms with Gasteiger partial charge < -0.3 is 19.3 Å². The summed E-state index contributed by atoms with van der Waals surface area (Å²) in [5.41, 5.74) is 5.21. The fourth-order valence-electron chi connectivity index (χ4n) is 3.94. The lowest BCUT2D eigenvalue weighted by Gasteiger charge is -2.15. The average Bonchev–Trinajstić information content (AvgIpc) is 3.41. The van der Waals surface area contributed by atoms with Gasteiger partial charge in [0.1, 0.15) is 5.75 Å². The molecular weight excluding hydrogens is 530 g/mol. The lowest BCUT2D eigenvalue weighted by Crippen LogP contribution is -2.20. The number of aromatic nitrogens is 3. The number of rotatable bonds is 12. The maximum absolute atomic E-state index is 12.6. The minimum Gasteiger partial charge on any atom is -0.507 e. The second kappa shape index (κ2) is 13.3. The third-order valence-electron chi connectivity index (χ3n) is 5.81. The molecule has 0 spiro atoms. The Balaban J connectivity index is 1.56. The quantitative estimate of drug-likeness (QED) is 0.112. The highest BCUT2D eigenvalue weighted by Gasteiger charge is 2.21. The third-order valence-corrected chi connectivity index (χ3v) is 6.74. The zero-order chi connectivity index (χ0) is 28.5. The number of phenolic OH excluding ortho intramolecular Hbond substituents is 1. The van der Waals surface area contributed by atoms with E-state index in [2.05, 4.69) is 27.3 Å². The molecule has 0 unspecified atom stereocenters. The number of aromatic hydroxyl groups is 1. The number of allylic oxidation sites excluding steroid dienone is 1. The summed E-state index contributed by atoms with van der Waals surface area (Å²) in [7, 11) is 4.63. The van der Waals surface area contributed by atoms with Gasteiger partial charge in [0.05, 0.1) is 33.3 Å². The molecule has 0 aliphatic heterocycles. The van der Waals surface area contributed by atoms with Gasteiger partial charge in [0.25, 0.3) is 5.91 Å². The zero-order valence-corrected chi connectivity index (χ0v) is 23.1. The minimum atomic E-state index is -0.347. The van der Waals surface area contributed by atoms with Crippen LogP contribution in [0.4, 0.5) is 0 Å². The van der Waals surface area contributed by atoms with Crippen LogP contribution in [0.2, 0.25) is 0 Å². The molecule has 0 radical (unpaired) electrons. The fraction of sp³-hybridized carbons (Fsp3) is 0.172. The van der Waals surface area contributed by atoms with E-state index >= 15 is 0 Å². The number of para-hydroxylation sites is 2. The van der Waals surface area contributed by atoms with Gasteiger partial charge in [-0.25, -0.2) is 5.43 Å². The van der Waals surface area contributed by atoms with Crippen LogP contribution in [0.25, 0.3) is 17.1 Å². The summed E-state index contributed by atoms with van der Waals surface area (Å²) in [6, 6.07) is 18.5. The van der Waals surface area contributed by atoms with Gasteiger partial charge in [-0.1, -0.05) is 48.2 Å². The SMILES string of the molecule is C=CCc1cccc(/C=N/NC(=O)CSc2nnc(-c3cc(OC)c(OC)c(OC)c3)n2-c2ccccc2)c1O. The zero-order valence-electron chi connectivity index (χ0n) is 22.3. The predicted octanol–water partition coefficient (Wildman–Crippen LogP) is 4.64. The second-order valence-corrected chi connectivity index (χ2v) is 9.26. The van der Waals surface area contributed by atoms with Gasteiger partial charge in [-0.05, 0) is 42.3 Å². The van der Waals surface area contributed by atoms with E-state index in [-0.39, 0.29) is 17.4 Å². The van der Waals surface area contributed by atoms with Crippen LogP contribution in [0.5, 0.6) is 23.0 Å². The van der Waals surface area contributed by atoms with Gasteiger partial charge in [0.2, 0.25) is 5.75 Å². The number of hydrazone groups is 1. The van der Waals surface area contributed by atoms with Crippen LogP contribution >= 0.6 is 11.8 Å². The van der Waals surface area contributed by atoms with Crippen molar-refractivity contribution in [3.63, 3.8) is 0 Å². The molecule has 1 aromatic heterocycles. The molecule has 4 rings (SSSR count). The van der Waals surface area contributed by atoms with Gasteiger partial charge in [0.15, 0.2) is 22.5 Å². The number of amides is 1. The van der Waals surface area contributed by atoms with E-state index < -0.39 is 0 Å². The molecule has 1 amide bonds. The number of nitrogens with one attached hydrogen (secondary N) is 1. The summed E-state index contributed by atoms with van der Waals surface area (Å²) >= 11 is 1.21. The van der Waals surface area contributed by atoms with Crippen LogP contribution < -0.4 is 19.6 Å². The van der Waals surface area contributed by atoms with Gasteiger partial charge in [-0.3, -0.25) is 9.36 Å². The Morgan fingerprint density at radius 1 is 1.05 bits per heavy atom. The number of carbonyl (C=O) groups excluding carboxylic acids is 1. The van der Waals surface area contributed by atoms with Crippen molar-refractivity contribution in [1.82, 2.24) is 20.2 Å². The highest BCUT2D eigenvalue weighted by molar-refractivity contribution is 7.99. The Labute approximate surface area is 236 Å². The number of carbonyl (C=O) groups is 1. The molecule has 0 fully saturated rings. The first-order chi connectivity index (χ1) is 19.5. The van der Waals surface area contributed by atoms with Crippen LogP contribution in [-0.4, -0.2) is 59.1 Å². The molecule has 4 aromatic rings. The number of hydrogen-bond donors (Lipinski definition) is 2. The van der Waals surface area contributed by atoms with Crippen LogP contribution in [-0.2, 0) is 11.2 Å². The Hall–Kier alpha value is -4.77. The van der Waals surface area contributed by atoms with Crippen LogP contribution in [0.15, 0.2) is 83.6 Å². The Morgan fingerprint density at radius 3 is 2.42 bits per heavy atom. The molecule has 0 saturated carbocycles. The standard InChI is InChI=1S/C29H29N5O5S/c1-5-10-19-11-9-12-20(26(19)36)17-30-31-25(35)18-40-29-33-32-28(34(29)22-13-7-6-8-14-22)21-15-23(37-2)27(39-4)24(16-21)38-3/h5-9,11-17,36H,1,10,18H2,2-4H3,(H,31,35)/b30-17+. The number of thioether (sulfide) groups is 1. The smallest absolute Gasteiger partial charge is 0.250 e. The molecule has 11 heteroatoms. The van der Waals surface area contributed by atoms with Crippen molar-refractivity contribution in [3.8, 4) is 40.1 Å². The number of nitrogens with zero attached hydrogens (tertiary/aromatic N) is 4. The molecule has 0 aliphatic carbocycles. The number of methoxy groups -OCH3 is 3. The van der Waals surface area contributed by atoms with Crippen LogP contribution in [0.1, 0.15) is 11.1 Å². The van der Waals surface area contributed by atoms with E-state index in [1.54, 1.807) is 57.7 Å². The summed E-state index contributed by atoms with van der Waals surface area (Å²) in [5.74, 6) is 1.73. The van der Waals surface area contributed by atoms with Crippen molar-refractivity contribution >= 4 is 23.9 Å². The van der Waals surface area contributed by atoms with E-state index in [0.717, 1.165) is 11.3 Å². The topological polar surface area (TPSA) is 120 Å². The van der Waals surface area contributed by atoms with E-state index in [9.17, 15) is 9.90 Å². The molecule has 1 heterocycles. The molecular formula is C29H29N5O5S. The summed E-state index contributed by atoms with van der Waals surface area (Å²) in [4.78, 5) is 12.6. The van der Waals surface area contributed by atoms with Crippen molar-refractivity contribution in [2.45, 2.75) is 11.6 Å². The predicted molar refractivity (Wildman–Crippen MR) is 155 cm³/mol. The monoisotopic (exact) mass is 559 g/mol. The first-order valence-electron chi connectivity index (χ1n) is 12.2. The molecule has 3 aromatic carbocycles. The number of benzene rings is 3. The molecule has 10 nitrogen and oxygen atoms in total. The van der Waals surface area contributed by atoms with Gasteiger partial charge in [0, 0.05) is 16.8 Å². The van der Waals surface area contributed by atoms with Crippen molar-refractivity contribution in [2.24, 2.45) is 5.10 Å². The van der Waals surface area contributed by atoms with E-state index in [4.69, 9.17) is 14.2 Å². The second-order valence-electron chi connectivity index (χ2n) is 8.32. The maximum atomic E-state index is 12.6. The molecule has 206 valence electrons. The Morgan fingerprint density at radius 2 is 1.77 bits per heavy atom. The molecule has 40 heavy (non-hydrogen) atoms. The number of phenols is 1. The maximum Gasteiger partial charge on any atom is 0.250 e. The van der Waals surface area contributed by atoms with Gasteiger partial charge >= 0.3 is 0 Å². The van der Waals surface area contributed by atoms with Crippen molar-refractivity contribution in [1.29, 1.82) is 0 Å². The highest BCUT2D eigenvalue weighted by atomic mass is 32.2. The van der Waals surface area contributed by atoms with E-state index in [1.165, 1.54) is 18.0 Å². The normalized spacial score (nSPS) is 10.9. The highest BCUT2D eigenvalue weighted by Crippen LogP contribution is 2.41. The summed E-state index contributed by atoms with van der Waals surface area (Å²) < 4.78 is 18.3. The number of hydrogen-bond acceptors (Lipinski definition) is 9. The summed E-state index contributed by atoms with van der Waals surface area (Å²) in [6.45, 7) is 3.69. The van der Waals surface area contributed by atoms with Crippen molar-refractivity contribution in [3.05, 3.63) is 84.4 Å². The molecule has 0 bridgehead atoms. The molecule has 0 saturated heterocycles. The lowest BCUT2D eigenvalue weighted by atomic mass is 10.1. The first kappa shape index (κ1) is 28.2. The van der Waals surface area contributed by atoms with Crippen molar-refractivity contribution in [2.75, 3.05) is 27.1 Å². The van der Waals surface area contributed by atoms with Gasteiger partial charge in [-0.2, -0.15) is 5.10 Å². The van der Waals surface area contributed by atoms with Gasteiger partial charge in [-0.15, -0.1) is 16.8 Å². The largest absolute Gasteiger partial charge is 0.507 e. The molecule has 2 N–H and O–H groups in total. The van der Waals surface area contributed by atoms with Crippen molar-refractivity contribution < 1.29 is 24.1 Å². The summed E-state index contributed by atoms with van der Waals surface area (Å²) in [6.07, 6.45) is 3.63. The Bertz CT molecular complexity index is 1500. The number of ether oxygens (including phenoxy) is 3. The molecule has 0 aliphatic rings. The van der Waals surface area contributed by atoms with E-state index in [0.29, 0.717) is 45.8 Å². The fourth-order valence-corrected chi connectivity index (χ4v) is 4.69. The Kier molecular flexibility index (Phi) is 9.42. The molecule has 0 atom stereocenters. The first-order valence-corrected chi connectivity index (χ1v) is 13.2. The summed E-state index contributed by atoms with van der Waals surface area (Å²) in [5, 5.41) is 23.7. The van der Waals surface area contributed by atoms with Crippen LogP contribution in [0, 0.1) is 0 Å². The third kappa shape index (κ3) is 6.26.